The number of hydrogen-bond donors (Lipinski definition) is 2. The Morgan fingerprint density at radius 1 is 1.14 bits per heavy atom. The minimum Gasteiger partial charge on any atom is -0.491 e. The van der Waals surface area contributed by atoms with Gasteiger partial charge < -0.3 is 20.1 Å². The highest BCUT2D eigenvalue weighted by atomic mass is 16.5. The van der Waals surface area contributed by atoms with Gasteiger partial charge in [-0.05, 0) is 32.0 Å². The summed E-state index contributed by atoms with van der Waals surface area (Å²) < 4.78 is 7.73. The number of aromatic nitrogens is 5. The number of fused-ring (bicyclic) bond motifs is 1. The highest BCUT2D eigenvalue weighted by Gasteiger charge is 2.21. The minimum absolute atomic E-state index is 0.206. The molecule has 188 valence electrons. The molecule has 3 heterocycles. The van der Waals surface area contributed by atoms with Crippen LogP contribution in [0.5, 0.6) is 5.75 Å². The molecule has 1 unspecified atom stereocenters. The summed E-state index contributed by atoms with van der Waals surface area (Å²) in [5, 5.41) is 13.0. The largest absolute Gasteiger partial charge is 0.491 e. The summed E-state index contributed by atoms with van der Waals surface area (Å²) in [7, 11) is 3.93. The number of hydrogen-bond acceptors (Lipinski definition) is 8. The fourth-order valence-corrected chi connectivity index (χ4v) is 4.71. The second-order valence-corrected chi connectivity index (χ2v) is 9.37. The van der Waals surface area contributed by atoms with E-state index in [-0.39, 0.29) is 6.61 Å². The Bertz CT molecular complexity index is 1300. The number of nitrogens with zero attached hydrogens (tertiary/aromatic N) is 6. The van der Waals surface area contributed by atoms with Crippen molar-refractivity contribution < 1.29 is 9.84 Å². The molecule has 1 aliphatic carbocycles. The predicted octanol–water partition coefficient (Wildman–Crippen LogP) is 3.58. The zero-order valence-electron chi connectivity index (χ0n) is 20.8. The highest BCUT2D eigenvalue weighted by molar-refractivity contribution is 5.68. The van der Waals surface area contributed by atoms with E-state index in [9.17, 15) is 5.11 Å². The Kier molecular flexibility index (Phi) is 7.39. The van der Waals surface area contributed by atoms with Crippen LogP contribution in [0.3, 0.4) is 0 Å². The van der Waals surface area contributed by atoms with E-state index < -0.39 is 6.10 Å². The van der Waals surface area contributed by atoms with E-state index in [1.807, 2.05) is 53.3 Å². The Hall–Kier alpha value is -3.56. The van der Waals surface area contributed by atoms with E-state index >= 15 is 0 Å². The van der Waals surface area contributed by atoms with Crippen LogP contribution < -0.4 is 15.0 Å². The summed E-state index contributed by atoms with van der Waals surface area (Å²) in [6.07, 6.45) is 13.0. The zero-order chi connectivity index (χ0) is 24.9. The molecule has 1 aliphatic rings. The molecule has 2 N–H and O–H groups in total. The smallest absolute Gasteiger partial charge is 0.233 e. The molecule has 0 radical (unpaired) electrons. The van der Waals surface area contributed by atoms with Crippen molar-refractivity contribution in [2.75, 3.05) is 32.1 Å². The minimum atomic E-state index is -0.584. The molecule has 5 rings (SSSR count). The third-order valence-electron chi connectivity index (χ3n) is 6.71. The first-order valence-electron chi connectivity index (χ1n) is 12.6. The van der Waals surface area contributed by atoms with Gasteiger partial charge in [-0.2, -0.15) is 0 Å². The molecule has 1 saturated carbocycles. The first-order valence-corrected chi connectivity index (χ1v) is 12.6. The molecule has 0 amide bonds. The van der Waals surface area contributed by atoms with Crippen LogP contribution in [-0.4, -0.2) is 68.8 Å². The highest BCUT2D eigenvalue weighted by Crippen LogP contribution is 2.30. The fourth-order valence-electron chi connectivity index (χ4n) is 4.71. The number of aliphatic hydroxyl groups excluding tert-OH is 1. The van der Waals surface area contributed by atoms with E-state index in [1.165, 1.54) is 32.1 Å². The molecular formula is C27H33N7O2. The zero-order valence-corrected chi connectivity index (χ0v) is 20.8. The molecular weight excluding hydrogens is 454 g/mol. The van der Waals surface area contributed by atoms with Gasteiger partial charge in [0, 0.05) is 61.6 Å². The van der Waals surface area contributed by atoms with Gasteiger partial charge in [0.2, 0.25) is 5.78 Å². The van der Waals surface area contributed by atoms with Crippen molar-refractivity contribution in [1.29, 1.82) is 0 Å². The van der Waals surface area contributed by atoms with Crippen LogP contribution in [0.4, 0.5) is 5.82 Å². The lowest BCUT2D eigenvalue weighted by molar-refractivity contribution is 0.108. The Balaban J connectivity index is 1.51. The quantitative estimate of drug-likeness (QED) is 0.370. The molecule has 9 heteroatoms. The van der Waals surface area contributed by atoms with E-state index in [4.69, 9.17) is 14.7 Å². The molecule has 0 bridgehead atoms. The second-order valence-electron chi connectivity index (χ2n) is 9.37. The topological polar surface area (TPSA) is 101 Å². The van der Waals surface area contributed by atoms with E-state index in [0.717, 1.165) is 22.6 Å². The lowest BCUT2D eigenvalue weighted by atomic mass is 9.94. The van der Waals surface area contributed by atoms with Gasteiger partial charge in [0.1, 0.15) is 24.3 Å². The van der Waals surface area contributed by atoms with E-state index in [1.54, 1.807) is 13.2 Å². The van der Waals surface area contributed by atoms with Crippen molar-refractivity contribution in [3.8, 4) is 28.4 Å². The Morgan fingerprint density at radius 2 is 2.00 bits per heavy atom. The molecule has 1 aromatic carbocycles. The summed E-state index contributed by atoms with van der Waals surface area (Å²) in [4.78, 5) is 20.9. The van der Waals surface area contributed by atoms with Gasteiger partial charge in [-0.1, -0.05) is 31.4 Å². The van der Waals surface area contributed by atoms with Crippen LogP contribution >= 0.6 is 0 Å². The van der Waals surface area contributed by atoms with Crippen molar-refractivity contribution in [3.63, 3.8) is 0 Å². The predicted molar refractivity (Wildman–Crippen MR) is 140 cm³/mol. The van der Waals surface area contributed by atoms with Gasteiger partial charge in [0.05, 0.1) is 5.69 Å². The number of likely N-dealkylation sites (N-methyl/N-ethyl adjacent to an activating group) is 1. The molecule has 1 atom stereocenters. The summed E-state index contributed by atoms with van der Waals surface area (Å²) >= 11 is 0. The molecule has 9 nitrogen and oxygen atoms in total. The van der Waals surface area contributed by atoms with Gasteiger partial charge in [-0.25, -0.2) is 19.9 Å². The maximum atomic E-state index is 10.0. The van der Waals surface area contributed by atoms with Crippen LogP contribution in [0.25, 0.3) is 28.4 Å². The number of ether oxygens (including phenoxy) is 1. The van der Waals surface area contributed by atoms with Gasteiger partial charge in [-0.3, -0.25) is 4.40 Å². The average molecular weight is 488 g/mol. The van der Waals surface area contributed by atoms with Crippen molar-refractivity contribution in [3.05, 3.63) is 55.1 Å². The van der Waals surface area contributed by atoms with Gasteiger partial charge >= 0.3 is 0 Å². The van der Waals surface area contributed by atoms with Gasteiger partial charge in [0.25, 0.3) is 0 Å². The first kappa shape index (κ1) is 24.1. The number of benzene rings is 1. The maximum absolute atomic E-state index is 10.0. The average Bonchev–Trinajstić information content (AvgIpc) is 3.40. The van der Waals surface area contributed by atoms with Crippen LogP contribution in [0, 0.1) is 0 Å². The van der Waals surface area contributed by atoms with Crippen molar-refractivity contribution in [2.24, 2.45) is 0 Å². The Labute approximate surface area is 211 Å². The maximum Gasteiger partial charge on any atom is 0.233 e. The summed E-state index contributed by atoms with van der Waals surface area (Å²) in [6.45, 7) is 0.675. The lowest BCUT2D eigenvalue weighted by Gasteiger charge is -2.32. The second kappa shape index (κ2) is 11.0. The molecule has 36 heavy (non-hydrogen) atoms. The SMILES string of the molecule is CNCC(O)COc1cccc(-c2nc(-c3cnc4nccn4c3)cc(N(C)C3CCCCC3)n2)c1. The lowest BCUT2D eigenvalue weighted by Crippen LogP contribution is -2.34. The van der Waals surface area contributed by atoms with Gasteiger partial charge in [0.15, 0.2) is 5.82 Å². The number of aliphatic hydroxyl groups is 1. The third kappa shape index (κ3) is 5.47. The first-order chi connectivity index (χ1) is 17.6. The summed E-state index contributed by atoms with van der Waals surface area (Å²) in [6, 6.07) is 10.2. The molecule has 1 fully saturated rings. The number of imidazole rings is 1. The van der Waals surface area contributed by atoms with Crippen LogP contribution in [0.2, 0.25) is 0 Å². The number of rotatable bonds is 9. The summed E-state index contributed by atoms with van der Waals surface area (Å²) in [5.74, 6) is 2.83. The van der Waals surface area contributed by atoms with Crippen LogP contribution in [0.15, 0.2) is 55.1 Å². The van der Waals surface area contributed by atoms with Crippen molar-refractivity contribution >= 4 is 11.6 Å². The number of nitrogens with one attached hydrogen (secondary N) is 1. The Morgan fingerprint density at radius 3 is 2.83 bits per heavy atom. The van der Waals surface area contributed by atoms with Crippen molar-refractivity contribution in [1.82, 2.24) is 29.7 Å². The van der Waals surface area contributed by atoms with Crippen LogP contribution in [0.1, 0.15) is 32.1 Å². The summed E-state index contributed by atoms with van der Waals surface area (Å²) in [5.41, 5.74) is 2.55. The molecule has 4 aromatic rings. The monoisotopic (exact) mass is 487 g/mol. The van der Waals surface area contributed by atoms with E-state index in [2.05, 4.69) is 27.2 Å². The fraction of sp³-hybridized carbons (Fsp3) is 0.407. The van der Waals surface area contributed by atoms with Crippen LogP contribution in [-0.2, 0) is 0 Å². The molecule has 0 saturated heterocycles. The van der Waals surface area contributed by atoms with Gasteiger partial charge in [-0.15, -0.1) is 0 Å². The molecule has 0 spiro atoms. The van der Waals surface area contributed by atoms with Crippen molar-refractivity contribution in [2.45, 2.75) is 44.2 Å². The molecule has 3 aromatic heterocycles. The third-order valence-corrected chi connectivity index (χ3v) is 6.71. The number of anilines is 1. The molecule has 0 aliphatic heterocycles. The van der Waals surface area contributed by atoms with E-state index in [0.29, 0.717) is 29.9 Å². The normalized spacial score (nSPS) is 15.2. The standard InChI is InChI=1S/C27H33N7O2/c1-28-16-22(35)18-36-23-10-6-7-19(13-23)26-31-24(20-15-30-27-29-11-12-34(27)17-20)14-25(32-26)33(2)21-8-4-3-5-9-21/h6-7,10-15,17,21-22,28,35H,3-5,8-9,16,18H2,1-2H3.